The summed E-state index contributed by atoms with van der Waals surface area (Å²) >= 11 is 1.44. The summed E-state index contributed by atoms with van der Waals surface area (Å²) in [7, 11) is 1.91. The smallest absolute Gasteiger partial charge is 0.0803 e. The second-order valence-electron chi connectivity index (χ2n) is 3.08. The van der Waals surface area contributed by atoms with E-state index in [0.717, 1.165) is 18.5 Å². The quantitative estimate of drug-likeness (QED) is 0.751. The van der Waals surface area contributed by atoms with Crippen molar-refractivity contribution >= 4 is 11.5 Å². The fraction of sp³-hybridized carbons (Fsp3) is 0.600. The number of nitrogens with one attached hydrogen (secondary N) is 1. The van der Waals surface area contributed by atoms with Gasteiger partial charge in [-0.3, -0.25) is 0 Å². The Morgan fingerprint density at radius 1 is 1.64 bits per heavy atom. The van der Waals surface area contributed by atoms with E-state index in [9.17, 15) is 0 Å². The Hall–Kier alpha value is -0.920. The van der Waals surface area contributed by atoms with Crippen LogP contribution in [0.25, 0.3) is 0 Å². The Kier molecular flexibility index (Phi) is 4.57. The molecule has 0 saturated carbocycles. The molecule has 1 atom stereocenters. The van der Waals surface area contributed by atoms with Crippen LogP contribution in [0.3, 0.4) is 0 Å². The van der Waals surface area contributed by atoms with Gasteiger partial charge in [-0.05, 0) is 25.0 Å². The van der Waals surface area contributed by atoms with Crippen LogP contribution in [0.15, 0.2) is 0 Å². The molecule has 1 aromatic heterocycles. The predicted octanol–water partition coefficient (Wildman–Crippen LogP) is 1.77. The Balaban J connectivity index is 2.81. The van der Waals surface area contributed by atoms with Gasteiger partial charge in [-0.1, -0.05) is 17.8 Å². The van der Waals surface area contributed by atoms with Gasteiger partial charge in [-0.25, -0.2) is 0 Å². The first-order chi connectivity index (χ1) is 6.83. The van der Waals surface area contributed by atoms with Crippen LogP contribution in [0, 0.1) is 12.3 Å². The van der Waals surface area contributed by atoms with E-state index in [-0.39, 0.29) is 6.04 Å². The van der Waals surface area contributed by atoms with Crippen molar-refractivity contribution in [1.29, 1.82) is 0 Å². The van der Waals surface area contributed by atoms with Crippen LogP contribution in [-0.4, -0.2) is 16.6 Å². The lowest BCUT2D eigenvalue weighted by Gasteiger charge is -2.11. The fourth-order valence-electron chi connectivity index (χ4n) is 1.33. The average molecular weight is 209 g/mol. The van der Waals surface area contributed by atoms with Gasteiger partial charge in [0.25, 0.3) is 0 Å². The van der Waals surface area contributed by atoms with Gasteiger partial charge in [0.05, 0.1) is 16.6 Å². The fourth-order valence-corrected chi connectivity index (χ4v) is 2.14. The first kappa shape index (κ1) is 11.2. The third kappa shape index (κ3) is 2.53. The van der Waals surface area contributed by atoms with Crippen LogP contribution >= 0.6 is 11.5 Å². The maximum Gasteiger partial charge on any atom is 0.0803 e. The van der Waals surface area contributed by atoms with Crippen LogP contribution in [0.2, 0.25) is 0 Å². The van der Waals surface area contributed by atoms with E-state index in [4.69, 9.17) is 6.42 Å². The van der Waals surface area contributed by atoms with E-state index in [1.165, 1.54) is 16.4 Å². The van der Waals surface area contributed by atoms with Gasteiger partial charge < -0.3 is 5.32 Å². The van der Waals surface area contributed by atoms with E-state index in [2.05, 4.69) is 27.7 Å². The molecular weight excluding hydrogens is 194 g/mol. The van der Waals surface area contributed by atoms with Gasteiger partial charge in [-0.2, -0.15) is 0 Å². The SMILES string of the molecule is C#CCC(NC)c1snnc1CCC. The molecule has 14 heavy (non-hydrogen) atoms. The van der Waals surface area contributed by atoms with Crippen molar-refractivity contribution in [3.05, 3.63) is 10.6 Å². The molecule has 76 valence electrons. The van der Waals surface area contributed by atoms with E-state index in [0.29, 0.717) is 6.42 Å². The predicted molar refractivity (Wildman–Crippen MR) is 59.2 cm³/mol. The Labute approximate surface area is 89.1 Å². The van der Waals surface area contributed by atoms with Crippen LogP contribution in [-0.2, 0) is 6.42 Å². The summed E-state index contributed by atoms with van der Waals surface area (Å²) in [6.45, 7) is 2.14. The monoisotopic (exact) mass is 209 g/mol. The highest BCUT2D eigenvalue weighted by Crippen LogP contribution is 2.23. The summed E-state index contributed by atoms with van der Waals surface area (Å²) in [5.74, 6) is 2.66. The highest BCUT2D eigenvalue weighted by molar-refractivity contribution is 7.05. The summed E-state index contributed by atoms with van der Waals surface area (Å²) < 4.78 is 3.97. The molecule has 1 N–H and O–H groups in total. The maximum atomic E-state index is 5.31. The molecule has 1 rings (SSSR count). The minimum Gasteiger partial charge on any atom is -0.311 e. The standard InChI is InChI=1S/C10H15N3S/c1-4-6-8(11-3)10-9(7-5-2)12-13-14-10/h1,8,11H,5-7H2,2-3H3. The van der Waals surface area contributed by atoms with Crippen molar-refractivity contribution in [1.82, 2.24) is 14.9 Å². The Morgan fingerprint density at radius 2 is 2.43 bits per heavy atom. The number of hydrogen-bond donors (Lipinski definition) is 1. The molecule has 3 nitrogen and oxygen atoms in total. The molecule has 0 aromatic carbocycles. The van der Waals surface area contributed by atoms with Gasteiger partial charge in [0.15, 0.2) is 0 Å². The van der Waals surface area contributed by atoms with Crippen molar-refractivity contribution in [2.24, 2.45) is 0 Å². The molecular formula is C10H15N3S. The van der Waals surface area contributed by atoms with Crippen LogP contribution in [0.5, 0.6) is 0 Å². The summed E-state index contributed by atoms with van der Waals surface area (Å²) in [6.07, 6.45) is 8.07. The molecule has 1 heterocycles. The summed E-state index contributed by atoms with van der Waals surface area (Å²) in [5.41, 5.74) is 1.09. The Morgan fingerprint density at radius 3 is 3.00 bits per heavy atom. The molecule has 0 bridgehead atoms. The lowest BCUT2D eigenvalue weighted by Crippen LogP contribution is -2.16. The molecule has 0 fully saturated rings. The third-order valence-electron chi connectivity index (χ3n) is 2.06. The van der Waals surface area contributed by atoms with Gasteiger partial charge in [0.2, 0.25) is 0 Å². The topological polar surface area (TPSA) is 37.8 Å². The minimum absolute atomic E-state index is 0.210. The summed E-state index contributed by atoms with van der Waals surface area (Å²) in [5, 5.41) is 7.31. The zero-order valence-corrected chi connectivity index (χ0v) is 9.40. The third-order valence-corrected chi connectivity index (χ3v) is 2.94. The van der Waals surface area contributed by atoms with Crippen molar-refractivity contribution < 1.29 is 0 Å². The van der Waals surface area contributed by atoms with Gasteiger partial charge in [0.1, 0.15) is 0 Å². The lowest BCUT2D eigenvalue weighted by molar-refractivity contribution is 0.612. The lowest BCUT2D eigenvalue weighted by atomic mass is 10.1. The van der Waals surface area contributed by atoms with Crippen LogP contribution < -0.4 is 5.32 Å². The van der Waals surface area contributed by atoms with Gasteiger partial charge >= 0.3 is 0 Å². The van der Waals surface area contributed by atoms with Crippen molar-refractivity contribution in [3.63, 3.8) is 0 Å². The normalized spacial score (nSPS) is 12.4. The van der Waals surface area contributed by atoms with Crippen molar-refractivity contribution in [3.8, 4) is 12.3 Å². The molecule has 0 amide bonds. The minimum atomic E-state index is 0.210. The number of hydrogen-bond acceptors (Lipinski definition) is 4. The molecule has 1 unspecified atom stereocenters. The maximum absolute atomic E-state index is 5.31. The van der Waals surface area contributed by atoms with E-state index >= 15 is 0 Å². The second-order valence-corrected chi connectivity index (χ2v) is 3.87. The van der Waals surface area contributed by atoms with Crippen LogP contribution in [0.4, 0.5) is 0 Å². The van der Waals surface area contributed by atoms with E-state index < -0.39 is 0 Å². The van der Waals surface area contributed by atoms with E-state index in [1.807, 2.05) is 7.05 Å². The zero-order valence-electron chi connectivity index (χ0n) is 8.58. The first-order valence-corrected chi connectivity index (χ1v) is 5.52. The number of aromatic nitrogens is 2. The molecule has 0 aliphatic heterocycles. The van der Waals surface area contributed by atoms with E-state index in [1.54, 1.807) is 0 Å². The number of aryl methyl sites for hydroxylation is 1. The van der Waals surface area contributed by atoms with Gasteiger partial charge in [0, 0.05) is 6.42 Å². The summed E-state index contributed by atoms with van der Waals surface area (Å²) in [6, 6.07) is 0.210. The van der Waals surface area contributed by atoms with Crippen molar-refractivity contribution in [2.75, 3.05) is 7.05 Å². The highest BCUT2D eigenvalue weighted by atomic mass is 32.1. The number of nitrogens with zero attached hydrogens (tertiary/aromatic N) is 2. The molecule has 4 heteroatoms. The first-order valence-electron chi connectivity index (χ1n) is 4.75. The zero-order chi connectivity index (χ0) is 10.4. The average Bonchev–Trinajstić information content (AvgIpc) is 2.63. The van der Waals surface area contributed by atoms with Crippen molar-refractivity contribution in [2.45, 2.75) is 32.2 Å². The summed E-state index contributed by atoms with van der Waals surface area (Å²) in [4.78, 5) is 1.19. The molecule has 0 radical (unpaired) electrons. The van der Waals surface area contributed by atoms with Crippen LogP contribution in [0.1, 0.15) is 36.4 Å². The molecule has 0 aliphatic carbocycles. The molecule has 0 spiro atoms. The second kappa shape index (κ2) is 5.74. The molecule has 0 saturated heterocycles. The Bertz CT molecular complexity index is 313. The van der Waals surface area contributed by atoms with Gasteiger partial charge in [-0.15, -0.1) is 17.4 Å². The highest BCUT2D eigenvalue weighted by Gasteiger charge is 2.15. The largest absolute Gasteiger partial charge is 0.311 e. The number of rotatable bonds is 5. The molecule has 1 aromatic rings. The molecule has 0 aliphatic rings. The number of terminal acetylenes is 1.